The van der Waals surface area contributed by atoms with Crippen molar-refractivity contribution in [2.45, 2.75) is 11.6 Å². The lowest BCUT2D eigenvalue weighted by atomic mass is 10.3. The van der Waals surface area contributed by atoms with Crippen molar-refractivity contribution in [3.8, 4) is 0 Å². The van der Waals surface area contributed by atoms with E-state index in [1.54, 1.807) is 0 Å². The first-order valence-electron chi connectivity index (χ1n) is 5.14. The number of aromatic nitrogens is 1. The lowest BCUT2D eigenvalue weighted by Gasteiger charge is -2.25. The van der Waals surface area contributed by atoms with Gasteiger partial charge in [0.2, 0.25) is 0 Å². The van der Waals surface area contributed by atoms with Gasteiger partial charge in [-0.3, -0.25) is 4.90 Å². The fraction of sp³-hybridized carbons (Fsp3) is 0.667. The summed E-state index contributed by atoms with van der Waals surface area (Å²) >= 11 is 0. The molecule has 7 heteroatoms. The zero-order chi connectivity index (χ0) is 11.6. The molecule has 0 bridgehead atoms. The highest BCUT2D eigenvalue weighted by Crippen LogP contribution is 2.11. The van der Waals surface area contributed by atoms with Crippen LogP contribution in [0.5, 0.6) is 0 Å². The number of nitrogens with zero attached hydrogens (tertiary/aromatic N) is 2. The highest BCUT2D eigenvalue weighted by atomic mass is 32.2. The maximum atomic E-state index is 11.2. The zero-order valence-electron chi connectivity index (χ0n) is 9.14. The smallest absolute Gasteiger partial charge is 0.198 e. The van der Waals surface area contributed by atoms with E-state index in [-0.39, 0.29) is 5.03 Å². The second-order valence-electron chi connectivity index (χ2n) is 3.93. The Morgan fingerprint density at radius 2 is 2.19 bits per heavy atom. The highest BCUT2D eigenvalue weighted by Gasteiger charge is 2.17. The average molecular weight is 245 g/mol. The molecule has 16 heavy (non-hydrogen) atoms. The Balaban J connectivity index is 2.02. The van der Waals surface area contributed by atoms with Gasteiger partial charge in [0.15, 0.2) is 20.6 Å². The van der Waals surface area contributed by atoms with Crippen LogP contribution in [-0.4, -0.2) is 50.9 Å². The molecule has 1 aliphatic rings. The summed E-state index contributed by atoms with van der Waals surface area (Å²) < 4.78 is 27.4. The summed E-state index contributed by atoms with van der Waals surface area (Å²) in [4.78, 5) is 2.20. The van der Waals surface area contributed by atoms with Crippen molar-refractivity contribution in [3.63, 3.8) is 0 Å². The van der Waals surface area contributed by atoms with Crippen molar-refractivity contribution in [2.75, 3.05) is 32.4 Å². The summed E-state index contributed by atoms with van der Waals surface area (Å²) in [5.41, 5.74) is 0. The Morgan fingerprint density at radius 3 is 2.75 bits per heavy atom. The molecule has 0 radical (unpaired) electrons. The summed E-state index contributed by atoms with van der Waals surface area (Å²) in [7, 11) is -3.26. The molecule has 1 fully saturated rings. The van der Waals surface area contributed by atoms with Crippen LogP contribution in [0.4, 0.5) is 0 Å². The summed E-state index contributed by atoms with van der Waals surface area (Å²) in [6, 6.07) is 1.50. The van der Waals surface area contributed by atoms with Gasteiger partial charge in [0.1, 0.15) is 0 Å². The summed E-state index contributed by atoms with van der Waals surface area (Å²) in [6.07, 6.45) is 1.12. The van der Waals surface area contributed by atoms with Gasteiger partial charge in [-0.05, 0) is 0 Å². The van der Waals surface area contributed by atoms with Gasteiger partial charge in [-0.1, -0.05) is 5.16 Å². The normalized spacial score (nSPS) is 18.8. The number of hydrogen-bond acceptors (Lipinski definition) is 6. The molecule has 1 aromatic heterocycles. The van der Waals surface area contributed by atoms with Crippen molar-refractivity contribution < 1.29 is 12.9 Å². The number of nitrogens with one attached hydrogen (secondary N) is 1. The van der Waals surface area contributed by atoms with Gasteiger partial charge in [0, 0.05) is 38.5 Å². The second-order valence-corrected chi connectivity index (χ2v) is 5.89. The van der Waals surface area contributed by atoms with Gasteiger partial charge in [0.25, 0.3) is 0 Å². The molecule has 1 aliphatic heterocycles. The van der Waals surface area contributed by atoms with Crippen LogP contribution >= 0.6 is 0 Å². The molecule has 90 valence electrons. The van der Waals surface area contributed by atoms with Crippen molar-refractivity contribution >= 4 is 9.84 Å². The highest BCUT2D eigenvalue weighted by molar-refractivity contribution is 7.90. The van der Waals surface area contributed by atoms with Gasteiger partial charge in [-0.2, -0.15) is 0 Å². The Bertz CT molecular complexity index is 448. The summed E-state index contributed by atoms with van der Waals surface area (Å²) in [6.45, 7) is 4.40. The molecule has 0 spiro atoms. The third-order valence-electron chi connectivity index (χ3n) is 2.51. The van der Waals surface area contributed by atoms with Crippen molar-refractivity contribution in [3.05, 3.63) is 11.8 Å². The second kappa shape index (κ2) is 4.52. The van der Waals surface area contributed by atoms with Crippen LogP contribution in [0.15, 0.2) is 15.6 Å². The molecule has 0 unspecified atom stereocenters. The van der Waals surface area contributed by atoms with E-state index >= 15 is 0 Å². The number of sulfone groups is 1. The van der Waals surface area contributed by atoms with Crippen LogP contribution in [0.1, 0.15) is 5.76 Å². The van der Waals surface area contributed by atoms with E-state index in [0.29, 0.717) is 12.3 Å². The first-order valence-corrected chi connectivity index (χ1v) is 7.03. The van der Waals surface area contributed by atoms with Gasteiger partial charge >= 0.3 is 0 Å². The summed E-state index contributed by atoms with van der Waals surface area (Å²) in [5.74, 6) is 0.599. The quantitative estimate of drug-likeness (QED) is 0.772. The van der Waals surface area contributed by atoms with Crippen LogP contribution in [-0.2, 0) is 16.4 Å². The molecule has 2 rings (SSSR count). The SMILES string of the molecule is CS(=O)(=O)c1cc(CN2CCNCC2)on1. The van der Waals surface area contributed by atoms with Crippen molar-refractivity contribution in [1.82, 2.24) is 15.4 Å². The van der Waals surface area contributed by atoms with Crippen LogP contribution in [0.25, 0.3) is 0 Å². The zero-order valence-corrected chi connectivity index (χ0v) is 9.96. The first kappa shape index (κ1) is 11.6. The molecule has 0 aromatic carbocycles. The Kier molecular flexibility index (Phi) is 3.27. The van der Waals surface area contributed by atoms with E-state index in [9.17, 15) is 8.42 Å². The van der Waals surface area contributed by atoms with Gasteiger partial charge < -0.3 is 9.84 Å². The van der Waals surface area contributed by atoms with Crippen molar-refractivity contribution in [1.29, 1.82) is 0 Å². The molecule has 1 N–H and O–H groups in total. The standard InChI is InChI=1S/C9H15N3O3S/c1-16(13,14)9-6-8(15-11-9)7-12-4-2-10-3-5-12/h6,10H,2-5,7H2,1H3. The fourth-order valence-electron chi connectivity index (χ4n) is 1.63. The minimum Gasteiger partial charge on any atom is -0.359 e. The van der Waals surface area contributed by atoms with E-state index in [2.05, 4.69) is 15.4 Å². The minimum atomic E-state index is -3.26. The van der Waals surface area contributed by atoms with Gasteiger partial charge in [0.05, 0.1) is 6.54 Å². The molecule has 1 saturated heterocycles. The maximum absolute atomic E-state index is 11.2. The molecule has 0 saturated carbocycles. The molecule has 1 aromatic rings. The van der Waals surface area contributed by atoms with Crippen LogP contribution in [0, 0.1) is 0 Å². The lowest BCUT2D eigenvalue weighted by molar-refractivity contribution is 0.206. The van der Waals surface area contributed by atoms with E-state index in [1.165, 1.54) is 6.07 Å². The molecule has 6 nitrogen and oxygen atoms in total. The van der Waals surface area contributed by atoms with E-state index in [0.717, 1.165) is 32.4 Å². The van der Waals surface area contributed by atoms with Gasteiger partial charge in [-0.15, -0.1) is 0 Å². The Morgan fingerprint density at radius 1 is 1.50 bits per heavy atom. The van der Waals surface area contributed by atoms with Crippen LogP contribution < -0.4 is 5.32 Å². The lowest BCUT2D eigenvalue weighted by Crippen LogP contribution is -2.42. The minimum absolute atomic E-state index is 0.0117. The fourth-order valence-corrected chi connectivity index (χ4v) is 2.15. The summed E-state index contributed by atoms with van der Waals surface area (Å²) in [5, 5.41) is 6.81. The molecule has 2 heterocycles. The molecule has 0 atom stereocenters. The number of hydrogen-bond donors (Lipinski definition) is 1. The predicted molar refractivity (Wildman–Crippen MR) is 57.8 cm³/mol. The first-order chi connectivity index (χ1) is 7.55. The third kappa shape index (κ3) is 2.81. The van der Waals surface area contributed by atoms with E-state index in [1.807, 2.05) is 0 Å². The van der Waals surface area contributed by atoms with E-state index in [4.69, 9.17) is 4.52 Å². The topological polar surface area (TPSA) is 75.4 Å². The maximum Gasteiger partial charge on any atom is 0.198 e. The van der Waals surface area contributed by atoms with Crippen molar-refractivity contribution in [2.24, 2.45) is 0 Å². The Hall–Kier alpha value is -0.920. The van der Waals surface area contributed by atoms with E-state index < -0.39 is 9.84 Å². The molecule has 0 aliphatic carbocycles. The Labute approximate surface area is 94.5 Å². The number of piperazine rings is 1. The number of rotatable bonds is 3. The molecular formula is C9H15N3O3S. The predicted octanol–water partition coefficient (Wildman–Crippen LogP) is -0.517. The van der Waals surface area contributed by atoms with Gasteiger partial charge in [-0.25, -0.2) is 8.42 Å². The van der Waals surface area contributed by atoms with Crippen LogP contribution in [0.2, 0.25) is 0 Å². The van der Waals surface area contributed by atoms with Crippen LogP contribution in [0.3, 0.4) is 0 Å². The average Bonchev–Trinajstić information content (AvgIpc) is 2.67. The monoisotopic (exact) mass is 245 g/mol. The molecular weight excluding hydrogens is 230 g/mol. The third-order valence-corrected chi connectivity index (χ3v) is 3.46. The largest absolute Gasteiger partial charge is 0.359 e. The molecule has 0 amide bonds.